The topological polar surface area (TPSA) is 142 Å². The first-order valence-corrected chi connectivity index (χ1v) is 9.46. The van der Waals surface area contributed by atoms with Crippen molar-refractivity contribution < 1.29 is 18.8 Å². The van der Waals surface area contributed by atoms with E-state index in [9.17, 15) is 18.8 Å². The number of benzene rings is 2. The summed E-state index contributed by atoms with van der Waals surface area (Å²) in [6.07, 6.45) is 1.24. The summed E-state index contributed by atoms with van der Waals surface area (Å²) in [6.45, 7) is 0.521. The molecule has 0 aliphatic carbocycles. The van der Waals surface area contributed by atoms with Crippen LogP contribution in [0.5, 0.6) is 0 Å². The van der Waals surface area contributed by atoms with E-state index in [1.165, 1.54) is 12.4 Å². The molecule has 0 aliphatic rings. The van der Waals surface area contributed by atoms with Gasteiger partial charge in [0.1, 0.15) is 11.5 Å². The smallest absolute Gasteiger partial charge is 0.276 e. The Bertz CT molecular complexity index is 1120. The Morgan fingerprint density at radius 2 is 1.65 bits per heavy atom. The molecule has 0 saturated heterocycles. The molecule has 3 amide bonds. The van der Waals surface area contributed by atoms with Crippen LogP contribution in [-0.4, -0.2) is 40.8 Å². The third-order valence-corrected chi connectivity index (χ3v) is 4.40. The van der Waals surface area contributed by atoms with Gasteiger partial charge in [-0.2, -0.15) is 0 Å². The third kappa shape index (κ3) is 5.44. The van der Waals surface area contributed by atoms with Crippen LogP contribution in [0.15, 0.2) is 48.8 Å². The van der Waals surface area contributed by atoms with Crippen LogP contribution in [0.3, 0.4) is 0 Å². The van der Waals surface area contributed by atoms with Gasteiger partial charge in [0.2, 0.25) is 0 Å². The van der Waals surface area contributed by atoms with Gasteiger partial charge in [0, 0.05) is 24.5 Å². The Morgan fingerprint density at radius 3 is 2.26 bits per heavy atom. The van der Waals surface area contributed by atoms with Gasteiger partial charge >= 0.3 is 0 Å². The van der Waals surface area contributed by atoms with Crippen molar-refractivity contribution in [2.24, 2.45) is 5.73 Å². The highest BCUT2D eigenvalue weighted by Gasteiger charge is 2.20. The minimum absolute atomic E-state index is 0.00769. The second kappa shape index (κ2) is 9.83. The van der Waals surface area contributed by atoms with E-state index >= 15 is 0 Å². The van der Waals surface area contributed by atoms with Gasteiger partial charge < -0.3 is 26.7 Å². The first kappa shape index (κ1) is 21.9. The number of imidazole rings is 1. The van der Waals surface area contributed by atoms with E-state index in [1.54, 1.807) is 24.3 Å². The highest BCUT2D eigenvalue weighted by atomic mass is 35.5. The summed E-state index contributed by atoms with van der Waals surface area (Å²) < 4.78 is 13.1. The molecule has 31 heavy (non-hydrogen) atoms. The lowest BCUT2D eigenvalue weighted by Crippen LogP contribution is -2.31. The number of nitrogens with two attached hydrogens (primary N) is 1. The zero-order valence-electron chi connectivity index (χ0n) is 16.0. The van der Waals surface area contributed by atoms with Gasteiger partial charge in [-0.25, -0.2) is 9.37 Å². The number of carbonyl (C=O) groups is 3. The number of hydrogen-bond acceptors (Lipinski definition) is 5. The molecular formula is C20H18ClFN6O3. The van der Waals surface area contributed by atoms with E-state index in [4.69, 9.17) is 17.3 Å². The summed E-state index contributed by atoms with van der Waals surface area (Å²) in [5.41, 5.74) is 6.27. The molecule has 0 atom stereocenters. The zero-order valence-corrected chi connectivity index (χ0v) is 16.8. The minimum Gasteiger partial charge on any atom is -0.349 e. The van der Waals surface area contributed by atoms with Gasteiger partial charge in [-0.05, 0) is 42.5 Å². The van der Waals surface area contributed by atoms with Crippen LogP contribution < -0.4 is 21.7 Å². The Hall–Kier alpha value is -3.76. The largest absolute Gasteiger partial charge is 0.349 e. The fourth-order valence-corrected chi connectivity index (χ4v) is 2.87. The SMILES string of the molecule is NCCNC(=O)c1[nH]cnc1C(=O)Nc1ccc(NC(=O)c2ccc(F)cc2Cl)cc1. The van der Waals surface area contributed by atoms with Gasteiger partial charge in [0.05, 0.1) is 16.9 Å². The predicted molar refractivity (Wildman–Crippen MR) is 114 cm³/mol. The maximum atomic E-state index is 13.1. The number of rotatable bonds is 7. The fraction of sp³-hybridized carbons (Fsp3) is 0.100. The second-order valence-corrected chi connectivity index (χ2v) is 6.69. The second-order valence-electron chi connectivity index (χ2n) is 6.28. The maximum Gasteiger partial charge on any atom is 0.276 e. The lowest BCUT2D eigenvalue weighted by Gasteiger charge is -2.09. The van der Waals surface area contributed by atoms with Crippen LogP contribution in [0.4, 0.5) is 15.8 Å². The number of anilines is 2. The molecule has 1 heterocycles. The van der Waals surface area contributed by atoms with Crippen molar-refractivity contribution in [2.45, 2.75) is 0 Å². The van der Waals surface area contributed by atoms with Crippen LogP contribution in [-0.2, 0) is 0 Å². The van der Waals surface area contributed by atoms with Gasteiger partial charge in [0.25, 0.3) is 17.7 Å². The molecule has 0 aliphatic heterocycles. The molecule has 0 saturated carbocycles. The summed E-state index contributed by atoms with van der Waals surface area (Å²) in [4.78, 5) is 43.3. The minimum atomic E-state index is -0.589. The first-order valence-electron chi connectivity index (χ1n) is 9.08. The van der Waals surface area contributed by atoms with Crippen LogP contribution in [0.2, 0.25) is 5.02 Å². The number of halogens is 2. The van der Waals surface area contributed by atoms with E-state index in [2.05, 4.69) is 25.9 Å². The van der Waals surface area contributed by atoms with Crippen molar-refractivity contribution in [1.82, 2.24) is 15.3 Å². The fourth-order valence-electron chi connectivity index (χ4n) is 2.61. The number of aromatic nitrogens is 2. The van der Waals surface area contributed by atoms with Crippen molar-refractivity contribution in [2.75, 3.05) is 23.7 Å². The van der Waals surface area contributed by atoms with Crippen LogP contribution in [0, 0.1) is 5.82 Å². The van der Waals surface area contributed by atoms with Gasteiger partial charge in [-0.1, -0.05) is 11.6 Å². The molecule has 0 radical (unpaired) electrons. The summed E-state index contributed by atoms with van der Waals surface area (Å²) in [6, 6.07) is 9.70. The predicted octanol–water partition coefficient (Wildman–Crippen LogP) is 2.40. The normalized spacial score (nSPS) is 10.4. The lowest BCUT2D eigenvalue weighted by molar-refractivity contribution is 0.0936. The Morgan fingerprint density at radius 1 is 1.00 bits per heavy atom. The number of carbonyl (C=O) groups excluding carboxylic acids is 3. The van der Waals surface area contributed by atoms with Crippen LogP contribution in [0.1, 0.15) is 31.3 Å². The van der Waals surface area contributed by atoms with Gasteiger partial charge in [-0.3, -0.25) is 14.4 Å². The van der Waals surface area contributed by atoms with Crippen LogP contribution in [0.25, 0.3) is 0 Å². The summed E-state index contributed by atoms with van der Waals surface area (Å²) in [5, 5.41) is 7.80. The summed E-state index contributed by atoms with van der Waals surface area (Å²) in [7, 11) is 0. The van der Waals surface area contributed by atoms with Crippen LogP contribution >= 0.6 is 11.6 Å². The number of nitrogens with zero attached hydrogens (tertiary/aromatic N) is 1. The summed E-state index contributed by atoms with van der Waals surface area (Å²) in [5.74, 6) is -2.13. The zero-order chi connectivity index (χ0) is 22.4. The standard InChI is InChI=1S/C20H18ClFN6O3/c21-15-9-11(22)1-6-14(15)18(29)27-12-2-4-13(5-3-12)28-20(31)17-16(25-10-26-17)19(30)24-8-7-23/h1-6,9-10H,7-8,23H2,(H,24,30)(H,25,26)(H,27,29)(H,28,31). The van der Waals surface area contributed by atoms with E-state index < -0.39 is 23.5 Å². The molecule has 6 N–H and O–H groups in total. The molecule has 0 fully saturated rings. The highest BCUT2D eigenvalue weighted by Crippen LogP contribution is 2.20. The van der Waals surface area contributed by atoms with Crippen molar-refractivity contribution in [3.05, 3.63) is 76.6 Å². The number of hydrogen-bond donors (Lipinski definition) is 5. The first-order chi connectivity index (χ1) is 14.9. The molecular weight excluding hydrogens is 427 g/mol. The molecule has 0 spiro atoms. The Labute approximate surface area is 181 Å². The Kier molecular flexibility index (Phi) is 6.96. The van der Waals surface area contributed by atoms with Gasteiger partial charge in [-0.15, -0.1) is 0 Å². The molecule has 3 aromatic rings. The van der Waals surface area contributed by atoms with Crippen molar-refractivity contribution >= 4 is 40.7 Å². The molecule has 160 valence electrons. The Balaban J connectivity index is 1.65. The number of aromatic amines is 1. The van der Waals surface area contributed by atoms with E-state index in [0.29, 0.717) is 11.4 Å². The summed E-state index contributed by atoms with van der Waals surface area (Å²) >= 11 is 5.89. The quantitative estimate of drug-likeness (QED) is 0.380. The average Bonchev–Trinajstić information content (AvgIpc) is 3.23. The third-order valence-electron chi connectivity index (χ3n) is 4.09. The molecule has 1 aromatic heterocycles. The van der Waals surface area contributed by atoms with E-state index in [1.807, 2.05) is 0 Å². The number of amides is 3. The maximum absolute atomic E-state index is 13.1. The molecule has 0 unspecified atom stereocenters. The molecule has 0 bridgehead atoms. The number of H-pyrrole nitrogens is 1. The van der Waals surface area contributed by atoms with Crippen molar-refractivity contribution in [3.8, 4) is 0 Å². The van der Waals surface area contributed by atoms with Gasteiger partial charge in [0.15, 0.2) is 5.69 Å². The monoisotopic (exact) mass is 444 g/mol. The lowest BCUT2D eigenvalue weighted by atomic mass is 10.2. The van der Waals surface area contributed by atoms with Crippen molar-refractivity contribution in [3.63, 3.8) is 0 Å². The van der Waals surface area contributed by atoms with Crippen molar-refractivity contribution in [1.29, 1.82) is 0 Å². The molecule has 3 rings (SSSR count). The molecule has 2 aromatic carbocycles. The van der Waals surface area contributed by atoms with E-state index in [-0.39, 0.29) is 35.1 Å². The van der Waals surface area contributed by atoms with E-state index in [0.717, 1.165) is 12.1 Å². The number of nitrogens with one attached hydrogen (secondary N) is 4. The molecule has 9 nitrogen and oxygen atoms in total. The molecule has 11 heteroatoms. The average molecular weight is 445 g/mol. The highest BCUT2D eigenvalue weighted by molar-refractivity contribution is 6.34.